The van der Waals surface area contributed by atoms with Gasteiger partial charge in [-0.25, -0.2) is 4.98 Å². The molecule has 0 aliphatic carbocycles. The fourth-order valence-electron chi connectivity index (χ4n) is 2.33. The maximum absolute atomic E-state index is 10.5. The van der Waals surface area contributed by atoms with Crippen molar-refractivity contribution in [3.8, 4) is 0 Å². The van der Waals surface area contributed by atoms with E-state index in [2.05, 4.69) is 35.5 Å². The minimum absolute atomic E-state index is 0.240. The van der Waals surface area contributed by atoms with Gasteiger partial charge in [0.05, 0.1) is 11.0 Å². The standard InChI is InChI=1S/C15H20N2O2/c1-10-8-13-14(9-11(10)2)17(12(3)16-13)7-5-4-6-15(18)19/h8-9H,4-7H2,1-3H3,(H,18,19). The van der Waals surface area contributed by atoms with Gasteiger partial charge in [0.1, 0.15) is 5.82 Å². The number of hydrogen-bond donors (Lipinski definition) is 1. The van der Waals surface area contributed by atoms with Crippen LogP contribution in [-0.2, 0) is 11.3 Å². The molecule has 0 saturated heterocycles. The number of aryl methyl sites for hydroxylation is 4. The van der Waals surface area contributed by atoms with E-state index < -0.39 is 5.97 Å². The van der Waals surface area contributed by atoms with E-state index in [1.165, 1.54) is 11.1 Å². The first kappa shape index (κ1) is 13.6. The molecule has 0 aliphatic heterocycles. The Balaban J connectivity index is 2.20. The summed E-state index contributed by atoms with van der Waals surface area (Å²) in [6.45, 7) is 7.03. The number of carboxylic acid groups (broad SMARTS) is 1. The van der Waals surface area contributed by atoms with Gasteiger partial charge >= 0.3 is 5.97 Å². The maximum atomic E-state index is 10.5. The Hall–Kier alpha value is -1.84. The van der Waals surface area contributed by atoms with Crippen molar-refractivity contribution in [3.05, 3.63) is 29.1 Å². The zero-order valence-corrected chi connectivity index (χ0v) is 11.7. The van der Waals surface area contributed by atoms with Crippen LogP contribution in [0.2, 0.25) is 0 Å². The average molecular weight is 260 g/mol. The third-order valence-electron chi connectivity index (χ3n) is 3.58. The molecule has 0 spiro atoms. The molecule has 0 atom stereocenters. The first-order chi connectivity index (χ1) is 8.99. The van der Waals surface area contributed by atoms with Gasteiger partial charge in [-0.15, -0.1) is 0 Å². The van der Waals surface area contributed by atoms with E-state index in [0.29, 0.717) is 6.42 Å². The molecule has 1 N–H and O–H groups in total. The number of rotatable bonds is 5. The Bertz CT molecular complexity index is 614. The number of fused-ring (bicyclic) bond motifs is 1. The molecule has 0 bridgehead atoms. The lowest BCUT2D eigenvalue weighted by Crippen LogP contribution is -2.02. The summed E-state index contributed by atoms with van der Waals surface area (Å²) in [4.78, 5) is 15.1. The number of aliphatic carboxylic acids is 1. The molecule has 4 heteroatoms. The molecule has 0 fully saturated rings. The van der Waals surface area contributed by atoms with Gasteiger partial charge in [-0.05, 0) is 56.9 Å². The van der Waals surface area contributed by atoms with Crippen molar-refractivity contribution in [2.75, 3.05) is 0 Å². The van der Waals surface area contributed by atoms with Gasteiger partial charge in [0.25, 0.3) is 0 Å². The summed E-state index contributed by atoms with van der Waals surface area (Å²) < 4.78 is 2.18. The predicted molar refractivity (Wildman–Crippen MR) is 75.4 cm³/mol. The largest absolute Gasteiger partial charge is 0.481 e. The van der Waals surface area contributed by atoms with E-state index in [1.807, 2.05) is 6.92 Å². The van der Waals surface area contributed by atoms with Crippen molar-refractivity contribution in [3.63, 3.8) is 0 Å². The topological polar surface area (TPSA) is 55.1 Å². The lowest BCUT2D eigenvalue weighted by molar-refractivity contribution is -0.137. The number of aromatic nitrogens is 2. The number of nitrogens with zero attached hydrogens (tertiary/aromatic N) is 2. The molecular weight excluding hydrogens is 240 g/mol. The van der Waals surface area contributed by atoms with Crippen LogP contribution in [0.5, 0.6) is 0 Å². The molecule has 0 saturated carbocycles. The van der Waals surface area contributed by atoms with Crippen LogP contribution in [0.1, 0.15) is 36.2 Å². The summed E-state index contributed by atoms with van der Waals surface area (Å²) in [5.41, 5.74) is 4.69. The monoisotopic (exact) mass is 260 g/mol. The first-order valence-corrected chi connectivity index (χ1v) is 6.65. The fraction of sp³-hybridized carbons (Fsp3) is 0.467. The quantitative estimate of drug-likeness (QED) is 0.840. The van der Waals surface area contributed by atoms with Crippen molar-refractivity contribution in [1.29, 1.82) is 0 Å². The molecule has 102 valence electrons. The molecular formula is C15H20N2O2. The van der Waals surface area contributed by atoms with Crippen LogP contribution in [0.3, 0.4) is 0 Å². The van der Waals surface area contributed by atoms with E-state index in [0.717, 1.165) is 29.8 Å². The summed E-state index contributed by atoms with van der Waals surface area (Å²) in [5, 5.41) is 8.64. The zero-order chi connectivity index (χ0) is 14.0. The van der Waals surface area contributed by atoms with Crippen LogP contribution in [0.4, 0.5) is 0 Å². The zero-order valence-electron chi connectivity index (χ0n) is 11.7. The molecule has 0 radical (unpaired) electrons. The first-order valence-electron chi connectivity index (χ1n) is 6.65. The van der Waals surface area contributed by atoms with Gasteiger partial charge in [0, 0.05) is 13.0 Å². The molecule has 0 unspecified atom stereocenters. The number of carboxylic acids is 1. The van der Waals surface area contributed by atoms with Crippen molar-refractivity contribution in [1.82, 2.24) is 9.55 Å². The third-order valence-corrected chi connectivity index (χ3v) is 3.58. The third kappa shape index (κ3) is 2.95. The van der Waals surface area contributed by atoms with Crippen LogP contribution >= 0.6 is 0 Å². The Kier molecular flexibility index (Phi) is 3.88. The summed E-state index contributed by atoms with van der Waals surface area (Å²) in [7, 11) is 0. The molecule has 2 aromatic rings. The van der Waals surface area contributed by atoms with E-state index in [4.69, 9.17) is 5.11 Å². The van der Waals surface area contributed by atoms with Gasteiger partial charge in [0.15, 0.2) is 0 Å². The lowest BCUT2D eigenvalue weighted by atomic mass is 10.1. The minimum Gasteiger partial charge on any atom is -0.481 e. The summed E-state index contributed by atoms with van der Waals surface area (Å²) in [6, 6.07) is 4.28. The van der Waals surface area contributed by atoms with Gasteiger partial charge in [-0.1, -0.05) is 0 Å². The Morgan fingerprint density at radius 2 is 1.89 bits per heavy atom. The number of hydrogen-bond acceptors (Lipinski definition) is 2. The van der Waals surface area contributed by atoms with Gasteiger partial charge in [0.2, 0.25) is 0 Å². The average Bonchev–Trinajstić information content (AvgIpc) is 2.61. The smallest absolute Gasteiger partial charge is 0.303 e. The van der Waals surface area contributed by atoms with E-state index >= 15 is 0 Å². The minimum atomic E-state index is -0.723. The molecule has 19 heavy (non-hydrogen) atoms. The lowest BCUT2D eigenvalue weighted by Gasteiger charge is -2.07. The second-order valence-electron chi connectivity index (χ2n) is 5.09. The normalized spacial score (nSPS) is 11.1. The van der Waals surface area contributed by atoms with Crippen molar-refractivity contribution in [2.45, 2.75) is 46.6 Å². The second-order valence-corrected chi connectivity index (χ2v) is 5.09. The van der Waals surface area contributed by atoms with Crippen molar-refractivity contribution in [2.24, 2.45) is 0 Å². The molecule has 1 aromatic carbocycles. The fourth-order valence-corrected chi connectivity index (χ4v) is 2.33. The van der Waals surface area contributed by atoms with Crippen LogP contribution in [0.15, 0.2) is 12.1 Å². The van der Waals surface area contributed by atoms with Crippen molar-refractivity contribution < 1.29 is 9.90 Å². The van der Waals surface area contributed by atoms with Crippen molar-refractivity contribution >= 4 is 17.0 Å². The highest BCUT2D eigenvalue weighted by atomic mass is 16.4. The molecule has 1 aromatic heterocycles. The molecule has 2 rings (SSSR count). The molecule has 1 heterocycles. The van der Waals surface area contributed by atoms with Gasteiger partial charge in [-0.2, -0.15) is 0 Å². The Labute approximate surface area is 113 Å². The van der Waals surface area contributed by atoms with Crippen LogP contribution in [-0.4, -0.2) is 20.6 Å². The highest BCUT2D eigenvalue weighted by Crippen LogP contribution is 2.21. The highest BCUT2D eigenvalue weighted by molar-refractivity contribution is 5.78. The molecule has 0 aliphatic rings. The van der Waals surface area contributed by atoms with Crippen LogP contribution in [0.25, 0.3) is 11.0 Å². The van der Waals surface area contributed by atoms with Gasteiger partial charge < -0.3 is 9.67 Å². The summed E-state index contributed by atoms with van der Waals surface area (Å²) >= 11 is 0. The number of carbonyl (C=O) groups is 1. The number of imidazole rings is 1. The highest BCUT2D eigenvalue weighted by Gasteiger charge is 2.09. The molecule has 0 amide bonds. The predicted octanol–water partition coefficient (Wildman–Crippen LogP) is 3.22. The van der Waals surface area contributed by atoms with Gasteiger partial charge in [-0.3, -0.25) is 4.79 Å². The van der Waals surface area contributed by atoms with Crippen LogP contribution < -0.4 is 0 Å². The summed E-state index contributed by atoms with van der Waals surface area (Å²) in [6.07, 6.45) is 1.81. The van der Waals surface area contributed by atoms with E-state index in [1.54, 1.807) is 0 Å². The van der Waals surface area contributed by atoms with E-state index in [9.17, 15) is 4.79 Å². The number of benzene rings is 1. The number of unbranched alkanes of at least 4 members (excludes halogenated alkanes) is 1. The molecule has 4 nitrogen and oxygen atoms in total. The summed E-state index contributed by atoms with van der Waals surface area (Å²) in [5.74, 6) is 0.272. The Morgan fingerprint density at radius 1 is 1.21 bits per heavy atom. The Morgan fingerprint density at radius 3 is 2.58 bits per heavy atom. The van der Waals surface area contributed by atoms with Crippen LogP contribution in [0, 0.1) is 20.8 Å². The SMILES string of the molecule is Cc1cc2nc(C)n(CCCCC(=O)O)c2cc1C. The maximum Gasteiger partial charge on any atom is 0.303 e. The second kappa shape index (κ2) is 5.43. The van der Waals surface area contributed by atoms with E-state index in [-0.39, 0.29) is 6.42 Å².